The van der Waals surface area contributed by atoms with Crippen molar-refractivity contribution in [3.63, 3.8) is 0 Å². The number of benzene rings is 3. The fourth-order valence-electron chi connectivity index (χ4n) is 4.41. The Hall–Kier alpha value is -2.98. The van der Waals surface area contributed by atoms with E-state index in [1.165, 1.54) is 36.3 Å². The molecule has 0 aliphatic rings. The van der Waals surface area contributed by atoms with Crippen LogP contribution in [0.2, 0.25) is 15.1 Å². The topological polar surface area (TPSA) is 96.0 Å². The van der Waals surface area contributed by atoms with Crippen molar-refractivity contribution in [3.8, 4) is 5.75 Å². The zero-order valence-electron chi connectivity index (χ0n) is 24.9. The zero-order chi connectivity index (χ0) is 32.1. The molecule has 12 heteroatoms. The van der Waals surface area contributed by atoms with Crippen LogP contribution in [0.25, 0.3) is 0 Å². The first-order chi connectivity index (χ1) is 20.1. The highest BCUT2D eigenvalue weighted by molar-refractivity contribution is 7.92. The van der Waals surface area contributed by atoms with Crippen LogP contribution in [0.15, 0.2) is 65.6 Å². The van der Waals surface area contributed by atoms with Crippen LogP contribution in [0.1, 0.15) is 45.2 Å². The van der Waals surface area contributed by atoms with Gasteiger partial charge in [0.2, 0.25) is 11.8 Å². The van der Waals surface area contributed by atoms with Crippen LogP contribution >= 0.6 is 34.8 Å². The zero-order valence-corrected chi connectivity index (χ0v) is 28.0. The Balaban J connectivity index is 2.17. The number of amides is 2. The van der Waals surface area contributed by atoms with E-state index in [0.29, 0.717) is 15.6 Å². The van der Waals surface area contributed by atoms with Crippen LogP contribution < -0.4 is 14.4 Å². The highest BCUT2D eigenvalue weighted by Gasteiger charge is 2.36. The van der Waals surface area contributed by atoms with Crippen molar-refractivity contribution < 1.29 is 22.7 Å². The van der Waals surface area contributed by atoms with E-state index in [-0.39, 0.29) is 40.2 Å². The van der Waals surface area contributed by atoms with E-state index >= 15 is 0 Å². The van der Waals surface area contributed by atoms with Crippen LogP contribution in [-0.4, -0.2) is 50.4 Å². The van der Waals surface area contributed by atoms with E-state index in [2.05, 4.69) is 5.32 Å². The summed E-state index contributed by atoms with van der Waals surface area (Å²) in [5.41, 5.74) is 0.894. The number of carbonyl (C=O) groups is 2. The van der Waals surface area contributed by atoms with Gasteiger partial charge in [0.25, 0.3) is 10.0 Å². The maximum atomic E-state index is 14.3. The number of halogens is 3. The van der Waals surface area contributed by atoms with E-state index in [1.54, 1.807) is 43.3 Å². The predicted molar refractivity (Wildman–Crippen MR) is 173 cm³/mol. The Bertz CT molecular complexity index is 1570. The van der Waals surface area contributed by atoms with Gasteiger partial charge in [-0.05, 0) is 82.1 Å². The first kappa shape index (κ1) is 34.5. The standard InChI is InChI=1S/C31H36Cl3N3O5S/c1-7-26(30(39)35-31(3,4)5)36(18-21-10-11-22(32)16-25(21)34)29(38)19-37(27-17-23(33)12-15-28(27)42-6)43(40,41)24-13-8-20(2)9-14-24/h8-17,26H,7,18-19H2,1-6H3,(H,35,39)/t26-/m0/s1. The third-order valence-electron chi connectivity index (χ3n) is 6.54. The number of sulfonamides is 1. The molecular weight excluding hydrogens is 633 g/mol. The lowest BCUT2D eigenvalue weighted by Gasteiger charge is -2.35. The van der Waals surface area contributed by atoms with Crippen molar-refractivity contribution in [1.82, 2.24) is 10.2 Å². The van der Waals surface area contributed by atoms with Crippen LogP contribution in [0.4, 0.5) is 5.69 Å². The Kier molecular flexibility index (Phi) is 11.4. The monoisotopic (exact) mass is 667 g/mol. The Morgan fingerprint density at radius 3 is 2.12 bits per heavy atom. The molecule has 0 aliphatic carbocycles. The van der Waals surface area contributed by atoms with Gasteiger partial charge >= 0.3 is 0 Å². The van der Waals surface area contributed by atoms with Gasteiger partial charge in [-0.3, -0.25) is 13.9 Å². The van der Waals surface area contributed by atoms with Gasteiger partial charge in [0, 0.05) is 27.2 Å². The van der Waals surface area contributed by atoms with E-state index in [4.69, 9.17) is 39.5 Å². The third-order valence-corrected chi connectivity index (χ3v) is 9.13. The van der Waals surface area contributed by atoms with Gasteiger partial charge in [-0.2, -0.15) is 0 Å². The summed E-state index contributed by atoms with van der Waals surface area (Å²) in [6.07, 6.45) is 0.254. The number of anilines is 1. The van der Waals surface area contributed by atoms with Crippen LogP contribution in [0.5, 0.6) is 5.75 Å². The minimum absolute atomic E-state index is 0.0299. The number of aryl methyl sites for hydroxylation is 1. The maximum absolute atomic E-state index is 14.3. The summed E-state index contributed by atoms with van der Waals surface area (Å²) in [5, 5.41) is 3.89. The van der Waals surface area contributed by atoms with Gasteiger partial charge in [-0.25, -0.2) is 8.42 Å². The Morgan fingerprint density at radius 2 is 1.56 bits per heavy atom. The molecule has 0 saturated heterocycles. The molecule has 0 unspecified atom stereocenters. The Morgan fingerprint density at radius 1 is 0.953 bits per heavy atom. The molecule has 2 amide bonds. The number of methoxy groups -OCH3 is 1. The summed E-state index contributed by atoms with van der Waals surface area (Å²) in [4.78, 5) is 29.1. The quantitative estimate of drug-likeness (QED) is 0.240. The molecule has 0 radical (unpaired) electrons. The van der Waals surface area contributed by atoms with Crippen molar-refractivity contribution >= 4 is 62.3 Å². The summed E-state index contributed by atoms with van der Waals surface area (Å²) in [7, 11) is -2.92. The molecule has 0 aliphatic heterocycles. The lowest BCUT2D eigenvalue weighted by Crippen LogP contribution is -2.55. The summed E-state index contributed by atoms with van der Waals surface area (Å²) in [6.45, 7) is 8.39. The lowest BCUT2D eigenvalue weighted by molar-refractivity contribution is -0.141. The molecule has 0 heterocycles. The highest BCUT2D eigenvalue weighted by Crippen LogP contribution is 2.35. The maximum Gasteiger partial charge on any atom is 0.264 e. The molecule has 8 nitrogen and oxygen atoms in total. The average Bonchev–Trinajstić information content (AvgIpc) is 2.91. The number of ether oxygens (including phenoxy) is 1. The Labute approximate surface area is 268 Å². The largest absolute Gasteiger partial charge is 0.495 e. The van der Waals surface area contributed by atoms with Gasteiger partial charge in [0.05, 0.1) is 17.7 Å². The first-order valence-corrected chi connectivity index (χ1v) is 16.1. The summed E-state index contributed by atoms with van der Waals surface area (Å²) >= 11 is 18.9. The van der Waals surface area contributed by atoms with Crippen molar-refractivity contribution in [2.45, 2.75) is 64.1 Å². The molecule has 0 bridgehead atoms. The fraction of sp³-hybridized carbons (Fsp3) is 0.355. The second kappa shape index (κ2) is 14.2. The average molecular weight is 669 g/mol. The molecule has 0 fully saturated rings. The van der Waals surface area contributed by atoms with Gasteiger partial charge in [-0.15, -0.1) is 0 Å². The van der Waals surface area contributed by atoms with Gasteiger partial charge < -0.3 is 15.0 Å². The summed E-state index contributed by atoms with van der Waals surface area (Å²) in [6, 6.07) is 14.7. The van der Waals surface area contributed by atoms with E-state index in [0.717, 1.165) is 9.87 Å². The third kappa shape index (κ3) is 8.79. The molecule has 0 saturated carbocycles. The van der Waals surface area contributed by atoms with Crippen LogP contribution in [0, 0.1) is 6.92 Å². The van der Waals surface area contributed by atoms with Crippen LogP contribution in [-0.2, 0) is 26.2 Å². The molecule has 3 aromatic carbocycles. The molecule has 232 valence electrons. The molecule has 0 spiro atoms. The summed E-state index contributed by atoms with van der Waals surface area (Å²) < 4.78 is 34.7. The highest BCUT2D eigenvalue weighted by atomic mass is 35.5. The number of hydrogen-bond donors (Lipinski definition) is 1. The van der Waals surface area contributed by atoms with Gasteiger partial charge in [0.1, 0.15) is 18.3 Å². The second-order valence-corrected chi connectivity index (χ2v) is 14.2. The minimum atomic E-state index is -4.31. The van der Waals surface area contributed by atoms with Crippen molar-refractivity contribution in [3.05, 3.63) is 86.9 Å². The molecular formula is C31H36Cl3N3O5S. The molecule has 1 atom stereocenters. The van der Waals surface area contributed by atoms with Crippen molar-refractivity contribution in [1.29, 1.82) is 0 Å². The summed E-state index contributed by atoms with van der Waals surface area (Å²) in [5.74, 6) is -0.834. The van der Waals surface area contributed by atoms with Crippen LogP contribution in [0.3, 0.4) is 0 Å². The lowest BCUT2D eigenvalue weighted by atomic mass is 10.1. The number of carbonyl (C=O) groups excluding carboxylic acids is 2. The normalized spacial score (nSPS) is 12.4. The number of rotatable bonds is 11. The molecule has 43 heavy (non-hydrogen) atoms. The molecule has 3 rings (SSSR count). The molecule has 0 aromatic heterocycles. The first-order valence-electron chi connectivity index (χ1n) is 13.6. The van der Waals surface area contributed by atoms with Gasteiger partial charge in [-0.1, -0.05) is 65.5 Å². The second-order valence-electron chi connectivity index (χ2n) is 11.1. The number of nitrogens with one attached hydrogen (secondary N) is 1. The van der Waals surface area contributed by atoms with E-state index < -0.39 is 34.1 Å². The van der Waals surface area contributed by atoms with E-state index in [9.17, 15) is 18.0 Å². The SMILES string of the molecule is CC[C@@H](C(=O)NC(C)(C)C)N(Cc1ccc(Cl)cc1Cl)C(=O)CN(c1cc(Cl)ccc1OC)S(=O)(=O)c1ccc(C)cc1. The number of nitrogens with zero attached hydrogens (tertiary/aromatic N) is 2. The fourth-order valence-corrected chi connectivity index (χ4v) is 6.47. The predicted octanol–water partition coefficient (Wildman–Crippen LogP) is 6.88. The number of hydrogen-bond acceptors (Lipinski definition) is 5. The molecule has 1 N–H and O–H groups in total. The molecule has 3 aromatic rings. The smallest absolute Gasteiger partial charge is 0.264 e. The van der Waals surface area contributed by atoms with Crippen molar-refractivity contribution in [2.75, 3.05) is 18.0 Å². The van der Waals surface area contributed by atoms with Crippen molar-refractivity contribution in [2.24, 2.45) is 0 Å². The minimum Gasteiger partial charge on any atom is -0.495 e. The van der Waals surface area contributed by atoms with E-state index in [1.807, 2.05) is 27.7 Å². The van der Waals surface area contributed by atoms with Gasteiger partial charge in [0.15, 0.2) is 0 Å².